The molecule has 1 aliphatic rings. The van der Waals surface area contributed by atoms with Gasteiger partial charge in [-0.05, 0) is 31.0 Å². The molecular weight excluding hydrogens is 266 g/mol. The summed E-state index contributed by atoms with van der Waals surface area (Å²) in [7, 11) is 0. The number of fused-ring (bicyclic) bond motifs is 3. The van der Waals surface area contributed by atoms with Crippen molar-refractivity contribution in [2.45, 2.75) is 19.9 Å². The van der Waals surface area contributed by atoms with Crippen molar-refractivity contribution in [2.24, 2.45) is 0 Å². The van der Waals surface area contributed by atoms with Gasteiger partial charge in [-0.3, -0.25) is 0 Å². The van der Waals surface area contributed by atoms with Crippen molar-refractivity contribution < 1.29 is 0 Å². The Kier molecular flexibility index (Phi) is 2.55. The second-order valence-electron chi connectivity index (χ2n) is 5.22. The molecule has 1 aliphatic heterocycles. The van der Waals surface area contributed by atoms with E-state index >= 15 is 0 Å². The summed E-state index contributed by atoms with van der Waals surface area (Å²) in [5.41, 5.74) is 11.6. The van der Waals surface area contributed by atoms with Gasteiger partial charge >= 0.3 is 0 Å². The second-order valence-corrected chi connectivity index (χ2v) is 6.25. The van der Waals surface area contributed by atoms with E-state index in [0.717, 1.165) is 10.5 Å². The van der Waals surface area contributed by atoms with Gasteiger partial charge in [0.15, 0.2) is 0 Å². The van der Waals surface area contributed by atoms with Crippen LogP contribution >= 0.6 is 11.3 Å². The molecule has 2 aromatic heterocycles. The fourth-order valence-corrected chi connectivity index (χ4v) is 4.21. The number of hydrogen-bond donors (Lipinski definition) is 2. The van der Waals surface area contributed by atoms with Crippen LogP contribution in [-0.2, 0) is 0 Å². The van der Waals surface area contributed by atoms with E-state index in [-0.39, 0.29) is 6.04 Å². The van der Waals surface area contributed by atoms with Crippen molar-refractivity contribution in [3.8, 4) is 0 Å². The average molecular weight is 281 g/mol. The predicted molar refractivity (Wildman–Crippen MR) is 84.1 cm³/mol. The fraction of sp³-hybridized carbons (Fsp3) is 0.188. The van der Waals surface area contributed by atoms with Crippen LogP contribution in [-0.4, -0.2) is 4.98 Å². The van der Waals surface area contributed by atoms with Crippen LogP contribution in [0.25, 0.3) is 10.2 Å². The lowest BCUT2D eigenvalue weighted by molar-refractivity contribution is 0.737. The van der Waals surface area contributed by atoms with E-state index in [4.69, 9.17) is 0 Å². The van der Waals surface area contributed by atoms with Crippen molar-refractivity contribution in [2.75, 3.05) is 5.43 Å². The Balaban J connectivity index is 1.93. The summed E-state index contributed by atoms with van der Waals surface area (Å²) in [4.78, 5) is 7.13. The number of rotatable bonds is 1. The molecule has 0 saturated heterocycles. The minimum atomic E-state index is 0.213. The molecule has 0 aliphatic carbocycles. The monoisotopic (exact) mass is 281 g/mol. The first-order chi connectivity index (χ1) is 9.74. The van der Waals surface area contributed by atoms with E-state index in [1.54, 1.807) is 11.3 Å². The Hall–Kier alpha value is -1.91. The number of hydrogen-bond acceptors (Lipinski definition) is 4. The molecule has 0 saturated carbocycles. The lowest BCUT2D eigenvalue weighted by Gasteiger charge is -2.10. The van der Waals surface area contributed by atoms with Gasteiger partial charge in [-0.15, -0.1) is 11.3 Å². The first-order valence-corrected chi connectivity index (χ1v) is 7.53. The first-order valence-electron chi connectivity index (χ1n) is 6.71. The first kappa shape index (κ1) is 11.9. The molecule has 0 amide bonds. The normalized spacial score (nSPS) is 17.2. The number of aryl methyl sites for hydroxylation is 2. The zero-order valence-corrected chi connectivity index (χ0v) is 12.2. The maximum absolute atomic E-state index is 4.68. The highest BCUT2D eigenvalue weighted by atomic mass is 32.1. The molecule has 3 heterocycles. The van der Waals surface area contributed by atoms with E-state index in [1.807, 2.05) is 6.07 Å². The number of nitrogens with zero attached hydrogens (tertiary/aromatic N) is 1. The number of nitrogens with one attached hydrogen (secondary N) is 2. The molecular formula is C16H15N3S. The number of benzene rings is 1. The maximum atomic E-state index is 4.68. The van der Waals surface area contributed by atoms with Crippen LogP contribution in [0.15, 0.2) is 36.4 Å². The van der Waals surface area contributed by atoms with Crippen LogP contribution in [0.3, 0.4) is 0 Å². The van der Waals surface area contributed by atoms with Crippen molar-refractivity contribution in [3.63, 3.8) is 0 Å². The van der Waals surface area contributed by atoms with Gasteiger partial charge in [0, 0.05) is 11.1 Å². The van der Waals surface area contributed by atoms with Gasteiger partial charge in [-0.2, -0.15) is 0 Å². The van der Waals surface area contributed by atoms with E-state index in [9.17, 15) is 0 Å². The minimum absolute atomic E-state index is 0.213. The Bertz CT molecular complexity index is 792. The Morgan fingerprint density at radius 1 is 1.15 bits per heavy atom. The van der Waals surface area contributed by atoms with Crippen LogP contribution in [0.5, 0.6) is 0 Å². The molecule has 100 valence electrons. The van der Waals surface area contributed by atoms with Gasteiger partial charge in [0.25, 0.3) is 0 Å². The van der Waals surface area contributed by atoms with Gasteiger partial charge in [0.05, 0.1) is 16.6 Å². The SMILES string of the molecule is Cc1cc(C)c2c3c(sc2n1)C(c1ccccc1)NN3. The Morgan fingerprint density at radius 3 is 2.75 bits per heavy atom. The molecule has 4 heteroatoms. The van der Waals surface area contributed by atoms with Crippen LogP contribution < -0.4 is 10.9 Å². The molecule has 0 bridgehead atoms. The lowest BCUT2D eigenvalue weighted by atomic mass is 10.1. The zero-order valence-electron chi connectivity index (χ0n) is 11.4. The van der Waals surface area contributed by atoms with Crippen molar-refractivity contribution in [1.29, 1.82) is 0 Å². The smallest absolute Gasteiger partial charge is 0.126 e. The molecule has 20 heavy (non-hydrogen) atoms. The van der Waals surface area contributed by atoms with Gasteiger partial charge < -0.3 is 5.43 Å². The molecule has 1 aromatic carbocycles. The standard InChI is InChI=1S/C16H15N3S/c1-9-8-10(2)17-16-12(9)14-15(20-16)13(18-19-14)11-6-4-3-5-7-11/h3-8,13,18-19H,1-2H3. The topological polar surface area (TPSA) is 37.0 Å². The Labute approximate surface area is 121 Å². The van der Waals surface area contributed by atoms with E-state index in [2.05, 4.69) is 60.0 Å². The predicted octanol–water partition coefficient (Wildman–Crippen LogP) is 3.93. The molecule has 2 N–H and O–H groups in total. The van der Waals surface area contributed by atoms with Crippen molar-refractivity contribution in [1.82, 2.24) is 10.4 Å². The lowest BCUT2D eigenvalue weighted by Crippen LogP contribution is -2.19. The zero-order chi connectivity index (χ0) is 13.7. The summed E-state index contributed by atoms with van der Waals surface area (Å²) in [6, 6.07) is 12.9. The van der Waals surface area contributed by atoms with E-state index in [1.165, 1.54) is 27.1 Å². The van der Waals surface area contributed by atoms with E-state index < -0.39 is 0 Å². The highest BCUT2D eigenvalue weighted by Gasteiger charge is 2.28. The number of thiophene rings is 1. The molecule has 0 spiro atoms. The third-order valence-corrected chi connectivity index (χ3v) is 4.90. The highest BCUT2D eigenvalue weighted by Crippen LogP contribution is 2.45. The molecule has 1 unspecified atom stereocenters. The van der Waals surface area contributed by atoms with Gasteiger partial charge in [0.1, 0.15) is 4.83 Å². The van der Waals surface area contributed by atoms with Crippen LogP contribution in [0.2, 0.25) is 0 Å². The number of anilines is 1. The maximum Gasteiger partial charge on any atom is 0.126 e. The largest absolute Gasteiger partial charge is 0.319 e. The van der Waals surface area contributed by atoms with Crippen molar-refractivity contribution >= 4 is 27.2 Å². The quantitative estimate of drug-likeness (QED) is 0.709. The third-order valence-electron chi connectivity index (χ3n) is 3.75. The molecule has 0 fully saturated rings. The molecule has 1 atom stereocenters. The van der Waals surface area contributed by atoms with Crippen molar-refractivity contribution in [3.05, 3.63) is 58.1 Å². The summed E-state index contributed by atoms with van der Waals surface area (Å²) in [6.07, 6.45) is 0. The third kappa shape index (κ3) is 1.65. The minimum Gasteiger partial charge on any atom is -0.319 e. The average Bonchev–Trinajstić information content (AvgIpc) is 2.97. The number of aromatic nitrogens is 1. The van der Waals surface area contributed by atoms with E-state index in [0.29, 0.717) is 0 Å². The van der Waals surface area contributed by atoms with Gasteiger partial charge in [-0.25, -0.2) is 10.4 Å². The summed E-state index contributed by atoms with van der Waals surface area (Å²) < 4.78 is 0. The summed E-state index contributed by atoms with van der Waals surface area (Å²) >= 11 is 1.78. The molecule has 3 nitrogen and oxygen atoms in total. The Morgan fingerprint density at radius 2 is 1.95 bits per heavy atom. The highest BCUT2D eigenvalue weighted by molar-refractivity contribution is 7.19. The van der Waals surface area contributed by atoms with Gasteiger partial charge in [0.2, 0.25) is 0 Å². The second kappa shape index (κ2) is 4.30. The number of pyridine rings is 1. The van der Waals surface area contributed by atoms with Gasteiger partial charge in [-0.1, -0.05) is 30.3 Å². The number of hydrazine groups is 1. The van der Waals surface area contributed by atoms with Crippen LogP contribution in [0.1, 0.15) is 27.7 Å². The summed E-state index contributed by atoms with van der Waals surface area (Å²) in [6.45, 7) is 4.21. The van der Waals surface area contributed by atoms with Crippen LogP contribution in [0, 0.1) is 13.8 Å². The fourth-order valence-electron chi connectivity index (χ4n) is 2.88. The van der Waals surface area contributed by atoms with Crippen LogP contribution in [0.4, 0.5) is 5.69 Å². The molecule has 0 radical (unpaired) electrons. The molecule has 4 rings (SSSR count). The summed E-state index contributed by atoms with van der Waals surface area (Å²) in [5, 5.41) is 1.25. The molecule has 3 aromatic rings. The summed E-state index contributed by atoms with van der Waals surface area (Å²) in [5.74, 6) is 0.